The summed E-state index contributed by atoms with van der Waals surface area (Å²) in [5.74, 6) is 0. The maximum absolute atomic E-state index is 5.90. The van der Waals surface area contributed by atoms with Crippen LogP contribution >= 0.6 is 35.2 Å². The van der Waals surface area contributed by atoms with Gasteiger partial charge in [-0.25, -0.2) is 4.98 Å². The van der Waals surface area contributed by atoms with E-state index in [0.717, 1.165) is 17.7 Å². The molecule has 86 valence electrons. The molecular formula is C11H8ClN3S2. The van der Waals surface area contributed by atoms with Crippen LogP contribution in [0.2, 0.25) is 5.02 Å². The molecule has 0 fully saturated rings. The Hall–Kier alpha value is -1.17. The van der Waals surface area contributed by atoms with Gasteiger partial charge in [-0.15, -0.1) is 11.3 Å². The van der Waals surface area contributed by atoms with Crippen LogP contribution in [0.5, 0.6) is 0 Å². The lowest BCUT2D eigenvalue weighted by Gasteiger charge is -2.01. The summed E-state index contributed by atoms with van der Waals surface area (Å²) in [6.07, 6.45) is 1.64. The van der Waals surface area contributed by atoms with Crippen molar-refractivity contribution in [2.45, 2.75) is 6.54 Å². The molecule has 0 bridgehead atoms. The Bertz CT molecular complexity index is 712. The summed E-state index contributed by atoms with van der Waals surface area (Å²) >= 11 is 12.9. The molecule has 0 radical (unpaired) electrons. The number of thiophene rings is 1. The van der Waals surface area contributed by atoms with Gasteiger partial charge < -0.3 is 4.98 Å². The average molecular weight is 282 g/mol. The minimum atomic E-state index is 0.608. The summed E-state index contributed by atoms with van der Waals surface area (Å²) in [5.41, 5.74) is 1.71. The first-order valence-corrected chi connectivity index (χ1v) is 6.67. The number of pyridine rings is 1. The van der Waals surface area contributed by atoms with Crippen LogP contribution in [0.1, 0.15) is 4.88 Å². The third-order valence-corrected chi connectivity index (χ3v) is 3.86. The van der Waals surface area contributed by atoms with Crippen molar-refractivity contribution in [1.82, 2.24) is 14.5 Å². The zero-order valence-electron chi connectivity index (χ0n) is 8.68. The molecule has 3 nitrogen and oxygen atoms in total. The van der Waals surface area contributed by atoms with E-state index in [1.807, 2.05) is 16.7 Å². The minimum absolute atomic E-state index is 0.608. The molecule has 0 aliphatic heterocycles. The van der Waals surface area contributed by atoms with Crippen molar-refractivity contribution in [3.05, 3.63) is 44.4 Å². The number of aromatic amines is 1. The van der Waals surface area contributed by atoms with Crippen molar-refractivity contribution in [2.75, 3.05) is 0 Å². The fourth-order valence-electron chi connectivity index (χ4n) is 1.72. The van der Waals surface area contributed by atoms with Gasteiger partial charge in [-0.2, -0.15) is 0 Å². The van der Waals surface area contributed by atoms with Crippen LogP contribution < -0.4 is 0 Å². The molecule has 0 amide bonds. The van der Waals surface area contributed by atoms with Gasteiger partial charge in [0.15, 0.2) is 10.4 Å². The van der Waals surface area contributed by atoms with E-state index in [9.17, 15) is 0 Å². The number of nitrogens with zero attached hydrogens (tertiary/aromatic N) is 2. The Morgan fingerprint density at radius 2 is 2.41 bits per heavy atom. The molecule has 0 atom stereocenters. The number of aromatic nitrogens is 3. The highest BCUT2D eigenvalue weighted by Crippen LogP contribution is 2.19. The van der Waals surface area contributed by atoms with Crippen LogP contribution in [0.15, 0.2) is 29.8 Å². The van der Waals surface area contributed by atoms with Crippen molar-refractivity contribution < 1.29 is 0 Å². The first kappa shape index (κ1) is 11.0. The van der Waals surface area contributed by atoms with Gasteiger partial charge in [0.25, 0.3) is 0 Å². The summed E-state index contributed by atoms with van der Waals surface area (Å²) in [5, 5.41) is 2.66. The van der Waals surface area contributed by atoms with Crippen molar-refractivity contribution in [3.8, 4) is 0 Å². The number of rotatable bonds is 2. The van der Waals surface area contributed by atoms with Gasteiger partial charge in [-0.1, -0.05) is 17.7 Å². The quantitative estimate of drug-likeness (QED) is 0.724. The van der Waals surface area contributed by atoms with Gasteiger partial charge in [-0.3, -0.25) is 4.57 Å². The van der Waals surface area contributed by atoms with Gasteiger partial charge in [0.1, 0.15) is 0 Å². The fourth-order valence-corrected chi connectivity index (χ4v) is 2.83. The third-order valence-electron chi connectivity index (χ3n) is 2.47. The second-order valence-electron chi connectivity index (χ2n) is 3.62. The highest BCUT2D eigenvalue weighted by atomic mass is 35.5. The fraction of sp³-hybridized carbons (Fsp3) is 0.0909. The Balaban J connectivity index is 2.16. The number of H-pyrrole nitrogens is 1. The number of hydrogen-bond acceptors (Lipinski definition) is 3. The summed E-state index contributed by atoms with van der Waals surface area (Å²) in [4.78, 5) is 8.68. The van der Waals surface area contributed by atoms with Crippen molar-refractivity contribution in [2.24, 2.45) is 0 Å². The smallest absolute Gasteiger partial charge is 0.179 e. The topological polar surface area (TPSA) is 33.6 Å². The Morgan fingerprint density at radius 1 is 1.53 bits per heavy atom. The third kappa shape index (κ3) is 2.01. The normalized spacial score (nSPS) is 11.1. The molecule has 0 spiro atoms. The molecule has 3 aromatic heterocycles. The largest absolute Gasteiger partial charge is 0.329 e. The number of fused-ring (bicyclic) bond motifs is 1. The highest BCUT2D eigenvalue weighted by molar-refractivity contribution is 7.71. The lowest BCUT2D eigenvalue weighted by atomic mass is 10.4. The van der Waals surface area contributed by atoms with Crippen LogP contribution in [0.25, 0.3) is 11.2 Å². The Kier molecular flexibility index (Phi) is 2.74. The minimum Gasteiger partial charge on any atom is -0.329 e. The molecule has 0 saturated heterocycles. The monoisotopic (exact) mass is 281 g/mol. The van der Waals surface area contributed by atoms with Gasteiger partial charge in [0, 0.05) is 11.1 Å². The maximum Gasteiger partial charge on any atom is 0.179 e. The predicted octanol–water partition coefficient (Wildman–Crippen LogP) is 3.86. The molecule has 0 aliphatic rings. The number of nitrogens with one attached hydrogen (secondary N) is 1. The Morgan fingerprint density at radius 3 is 3.18 bits per heavy atom. The number of imidazole rings is 1. The van der Waals surface area contributed by atoms with Crippen LogP contribution in [0.4, 0.5) is 0 Å². The number of hydrogen-bond donors (Lipinski definition) is 1. The molecule has 0 aromatic carbocycles. The zero-order chi connectivity index (χ0) is 11.8. The zero-order valence-corrected chi connectivity index (χ0v) is 11.1. The van der Waals surface area contributed by atoms with E-state index in [1.165, 1.54) is 4.88 Å². The summed E-state index contributed by atoms with van der Waals surface area (Å²) in [7, 11) is 0. The molecule has 3 heterocycles. The van der Waals surface area contributed by atoms with E-state index in [-0.39, 0.29) is 0 Å². The van der Waals surface area contributed by atoms with E-state index >= 15 is 0 Å². The van der Waals surface area contributed by atoms with Gasteiger partial charge in [-0.05, 0) is 29.7 Å². The first-order valence-electron chi connectivity index (χ1n) is 5.00. The first-order chi connectivity index (χ1) is 8.24. The molecule has 0 unspecified atom stereocenters. The van der Waals surface area contributed by atoms with E-state index in [2.05, 4.69) is 21.4 Å². The van der Waals surface area contributed by atoms with Gasteiger partial charge in [0.05, 0.1) is 17.1 Å². The highest BCUT2D eigenvalue weighted by Gasteiger charge is 2.07. The Labute approximate surface area is 112 Å². The molecule has 3 rings (SSSR count). The summed E-state index contributed by atoms with van der Waals surface area (Å²) < 4.78 is 2.65. The molecule has 6 heteroatoms. The van der Waals surface area contributed by atoms with Crippen LogP contribution in [0.3, 0.4) is 0 Å². The summed E-state index contributed by atoms with van der Waals surface area (Å²) in [6, 6.07) is 5.95. The van der Waals surface area contributed by atoms with Crippen molar-refractivity contribution in [3.63, 3.8) is 0 Å². The average Bonchev–Trinajstić information content (AvgIpc) is 2.88. The second-order valence-corrected chi connectivity index (χ2v) is 5.48. The van der Waals surface area contributed by atoms with E-state index < -0.39 is 0 Å². The van der Waals surface area contributed by atoms with Crippen LogP contribution in [-0.2, 0) is 6.54 Å². The van der Waals surface area contributed by atoms with E-state index in [1.54, 1.807) is 17.5 Å². The number of halogens is 1. The maximum atomic E-state index is 5.90. The molecule has 3 aromatic rings. The molecule has 1 N–H and O–H groups in total. The van der Waals surface area contributed by atoms with Crippen LogP contribution in [-0.4, -0.2) is 14.5 Å². The van der Waals surface area contributed by atoms with E-state index in [4.69, 9.17) is 23.8 Å². The molecular weight excluding hydrogens is 274 g/mol. The lowest BCUT2D eigenvalue weighted by Crippen LogP contribution is -1.98. The molecule has 17 heavy (non-hydrogen) atoms. The lowest BCUT2D eigenvalue weighted by molar-refractivity contribution is 0.813. The SMILES string of the molecule is S=c1[nH]c2cc(Cl)cnc2n1Cc1cccs1. The molecule has 0 aliphatic carbocycles. The van der Waals surface area contributed by atoms with Crippen molar-refractivity contribution in [1.29, 1.82) is 0 Å². The van der Waals surface area contributed by atoms with Crippen LogP contribution in [0, 0.1) is 4.77 Å². The van der Waals surface area contributed by atoms with Crippen molar-refractivity contribution >= 4 is 46.3 Å². The van der Waals surface area contributed by atoms with Gasteiger partial charge in [0.2, 0.25) is 0 Å². The standard InChI is InChI=1S/C11H8ClN3S2/c12-7-4-9-10(13-5-7)15(11(16)14-9)6-8-2-1-3-17-8/h1-5H,6H2,(H,14,16). The second kappa shape index (κ2) is 4.25. The summed E-state index contributed by atoms with van der Waals surface area (Å²) in [6.45, 7) is 0.741. The van der Waals surface area contributed by atoms with Gasteiger partial charge >= 0.3 is 0 Å². The molecule has 0 saturated carbocycles. The van der Waals surface area contributed by atoms with E-state index in [0.29, 0.717) is 9.79 Å². The predicted molar refractivity (Wildman–Crippen MR) is 73.3 cm³/mol.